The van der Waals surface area contributed by atoms with Crippen LogP contribution < -0.4 is 43.9 Å². The number of rotatable bonds is 5. The largest absolute Gasteiger partial charge is 0.490 e. The molecule has 3 spiro atoms. The number of anilines is 3. The van der Waals surface area contributed by atoms with Gasteiger partial charge in [-0.25, -0.2) is 22.9 Å². The van der Waals surface area contributed by atoms with Crippen LogP contribution in [0.3, 0.4) is 0 Å². The quantitative estimate of drug-likeness (QED) is 0.135. The van der Waals surface area contributed by atoms with Gasteiger partial charge in [0.1, 0.15) is 47.0 Å². The van der Waals surface area contributed by atoms with Gasteiger partial charge in [-0.2, -0.15) is 0 Å². The Balaban J connectivity index is 0.000000138. The van der Waals surface area contributed by atoms with Crippen molar-refractivity contribution in [2.24, 2.45) is 58.9 Å². The monoisotopic (exact) mass is 1750 g/mol. The van der Waals surface area contributed by atoms with Crippen LogP contribution in [0.25, 0.3) is 0 Å². The first kappa shape index (κ1) is 88.9. The van der Waals surface area contributed by atoms with Gasteiger partial charge in [0.2, 0.25) is 5.91 Å². The second-order valence-corrected chi connectivity index (χ2v) is 43.5. The average Bonchev–Trinajstić information content (AvgIpc) is 1.48. The van der Waals surface area contributed by atoms with E-state index in [1.165, 1.54) is 50.1 Å². The summed E-state index contributed by atoms with van der Waals surface area (Å²) in [6.07, 6.45) is 33.3. The van der Waals surface area contributed by atoms with Gasteiger partial charge in [-0.15, -0.1) is 13.1 Å². The third-order valence-corrected chi connectivity index (χ3v) is 33.5. The van der Waals surface area contributed by atoms with Crippen LogP contribution in [0.15, 0.2) is 159 Å². The summed E-state index contributed by atoms with van der Waals surface area (Å²) in [5, 5.41) is 12.0. The molecule has 6 aromatic rings. The minimum atomic E-state index is -3.29. The highest BCUT2D eigenvalue weighted by atomic mass is 32.2. The Kier molecular flexibility index (Phi) is 27.1. The molecule has 3 fully saturated rings. The Morgan fingerprint density at radius 1 is 0.452 bits per heavy atom. The summed E-state index contributed by atoms with van der Waals surface area (Å²) >= 11 is 0. The van der Waals surface area contributed by atoms with Gasteiger partial charge in [0.15, 0.2) is 0 Å². The first-order chi connectivity index (χ1) is 59.8. The highest BCUT2D eigenvalue weighted by Gasteiger charge is 2.49. The number of fused-ring (bicyclic) bond motifs is 12. The maximum atomic E-state index is 13.8. The van der Waals surface area contributed by atoms with E-state index in [0.717, 1.165) is 183 Å². The predicted molar refractivity (Wildman–Crippen MR) is 492 cm³/mol. The molecule has 0 radical (unpaired) electrons. The summed E-state index contributed by atoms with van der Waals surface area (Å²) < 4.78 is 92.1. The minimum absolute atomic E-state index is 0.00144. The molecule has 22 nitrogen and oxygen atoms in total. The Labute approximate surface area is 735 Å². The number of allylic oxidation sites excluding steroid dienone is 3. The Hall–Kier alpha value is -8.53. The third kappa shape index (κ3) is 19.5. The zero-order valence-electron chi connectivity index (χ0n) is 73.5. The minimum Gasteiger partial charge on any atom is -0.490 e. The van der Waals surface area contributed by atoms with E-state index in [0.29, 0.717) is 97.7 Å². The van der Waals surface area contributed by atoms with Gasteiger partial charge in [0.25, 0.3) is 17.7 Å². The van der Waals surface area contributed by atoms with Crippen molar-refractivity contribution in [2.45, 2.75) is 204 Å². The molecule has 15 atom stereocenters. The van der Waals surface area contributed by atoms with E-state index in [1.54, 1.807) is 46.5 Å². The summed E-state index contributed by atoms with van der Waals surface area (Å²) in [5.41, 5.74) is 15.6. The lowest BCUT2D eigenvalue weighted by atomic mass is 9.68. The lowest BCUT2D eigenvalue weighted by molar-refractivity contribution is -0.119. The lowest BCUT2D eigenvalue weighted by Gasteiger charge is -2.46. The van der Waals surface area contributed by atoms with E-state index in [4.69, 9.17) is 38.7 Å². The van der Waals surface area contributed by atoms with E-state index >= 15 is 0 Å². The number of benzene rings is 6. The molecule has 12 aliphatic rings. The van der Waals surface area contributed by atoms with Crippen molar-refractivity contribution in [2.75, 3.05) is 112 Å². The summed E-state index contributed by atoms with van der Waals surface area (Å²) in [6.45, 7) is 14.9. The molecule has 6 aromatic carbocycles. The maximum Gasteiger partial charge on any atom is 0.286 e. The van der Waals surface area contributed by atoms with Crippen LogP contribution in [0.1, 0.15) is 210 Å². The highest BCUT2D eigenvalue weighted by molar-refractivity contribution is 7.92. The Morgan fingerprint density at radius 2 is 0.782 bits per heavy atom. The van der Waals surface area contributed by atoms with Crippen molar-refractivity contribution in [1.29, 1.82) is 0 Å². The van der Waals surface area contributed by atoms with Gasteiger partial charge in [-0.3, -0.25) is 23.9 Å². The molecule has 3 saturated carbocycles. The standard InChI is InChI=1S/C35H45N3O5S.2C32H41N3O4S/c1-4-33(39)36-44(41)18-7-5-6-10-31(42-3)28-14-12-27(28)21-38-22-35(17-8-9-25-19-24(2)11-15-29(25)35)23-43-32-16-13-26(20-30(32)38)34(40)37-44;2*1-22-9-13-27-23(17-22)7-6-15-32(27)20-35-19-25-10-12-26(25)29(38-2)8-4-3-5-16-40(33,37)34-31(36)24-11-14-30(39-21-32)28(35)18-24/h6,10-11,13,15-16,19-20,27-28,31H,4-5,7-9,12,14,17-18,21-23H2,1-3H3,(H,36,37,39,40,41);2*4,8-9,11,13-14,17-18,25-26,29H,3,5-7,10,12,15-16,19-21H2,1-2H3,(H2,33,34,36,37)/b10-6+;2*8-4+/t27-,28+,31-,35-,44?;2*25-,26+,29-,32-,40?/m000/s1. The van der Waals surface area contributed by atoms with E-state index < -0.39 is 47.5 Å². The van der Waals surface area contributed by atoms with Crippen LogP contribution >= 0.6 is 0 Å². The first-order valence-electron chi connectivity index (χ1n) is 45.4. The molecule has 0 saturated heterocycles. The van der Waals surface area contributed by atoms with Crippen LogP contribution in [-0.4, -0.2) is 152 Å². The van der Waals surface area contributed by atoms with Crippen LogP contribution in [0.5, 0.6) is 17.2 Å². The van der Waals surface area contributed by atoms with Gasteiger partial charge in [-0.1, -0.05) is 115 Å². The maximum absolute atomic E-state index is 13.8. The molecule has 6 aliphatic heterocycles. The molecule has 25 heteroatoms. The zero-order valence-corrected chi connectivity index (χ0v) is 75.9. The van der Waals surface area contributed by atoms with Crippen LogP contribution in [0.2, 0.25) is 0 Å². The molecule has 6 aliphatic carbocycles. The van der Waals surface area contributed by atoms with E-state index in [9.17, 15) is 31.8 Å². The smallest absolute Gasteiger partial charge is 0.286 e. The van der Waals surface area contributed by atoms with Crippen molar-refractivity contribution in [3.63, 3.8) is 0 Å². The van der Waals surface area contributed by atoms with Gasteiger partial charge < -0.3 is 43.1 Å². The fraction of sp³-hybridized carbons (Fsp3) is 0.535. The fourth-order valence-corrected chi connectivity index (χ4v) is 25.7. The van der Waals surface area contributed by atoms with Crippen molar-refractivity contribution >= 4 is 70.4 Å². The molecule has 664 valence electrons. The molecule has 124 heavy (non-hydrogen) atoms. The number of nitrogens with zero attached hydrogens (tertiary/aromatic N) is 6. The Bertz CT molecular complexity index is 5310. The zero-order chi connectivity index (χ0) is 86.7. The van der Waals surface area contributed by atoms with Crippen molar-refractivity contribution in [3.8, 4) is 17.2 Å². The van der Waals surface area contributed by atoms with Crippen LogP contribution in [0.4, 0.5) is 17.1 Å². The van der Waals surface area contributed by atoms with Gasteiger partial charge in [0, 0.05) is 111 Å². The first-order valence-corrected chi connectivity index (χ1v) is 50.6. The molecule has 18 rings (SSSR count). The summed E-state index contributed by atoms with van der Waals surface area (Å²) in [6, 6.07) is 37.0. The number of methoxy groups -OCH3 is 3. The number of nitrogens with two attached hydrogens (primary N) is 2. The van der Waals surface area contributed by atoms with Crippen molar-refractivity contribution in [3.05, 3.63) is 212 Å². The molecular formula is C99H127N9O13S3. The number of aryl methyl sites for hydroxylation is 6. The van der Waals surface area contributed by atoms with E-state index in [2.05, 4.69) is 144 Å². The summed E-state index contributed by atoms with van der Waals surface area (Å²) in [4.78, 5) is 59.6. The summed E-state index contributed by atoms with van der Waals surface area (Å²) in [7, 11) is -4.18. The molecule has 6 heterocycles. The van der Waals surface area contributed by atoms with Gasteiger partial charge in [-0.05, 0) is 279 Å². The van der Waals surface area contributed by atoms with E-state index in [-0.39, 0.29) is 64.1 Å². The lowest BCUT2D eigenvalue weighted by Crippen LogP contribution is -2.49. The molecule has 6 bridgehead atoms. The predicted octanol–water partition coefficient (Wildman–Crippen LogP) is 16.6. The number of carbonyl (C=O) groups excluding carboxylic acids is 4. The van der Waals surface area contributed by atoms with Crippen LogP contribution in [0, 0.1) is 56.3 Å². The molecular weight excluding hydrogens is 1620 g/mol. The normalized spacial score (nSPS) is 32.3. The average molecular weight is 1750 g/mol. The SMILES string of the molecule is CCC(=O)NS1(=O)=NC(=O)c2ccc3c(c2)N(C[C@@H]2CC[C@H]2[C@@H](OC)/C=C/CCC1)C[C@@]1(CCCc2cc(C)ccc21)CO3.CO[C@H]1/C=C/CCCS(N)(=O)=NC(=O)c2ccc3c(c2)N(C[C@@H]2CC[C@H]21)C[C@@]1(CCCc2cc(C)ccc21)CO3.CO[C@H]1/C=C/CCCS(N)(=O)=NC(=O)c2ccc3c(c2)N(C[C@@H]2CC[C@H]21)C[C@@]1(CCCc2cc(C)ccc21)CO3. The number of hydrogen-bond acceptors (Lipinski definition) is 16. The molecule has 0 aromatic heterocycles. The second kappa shape index (κ2) is 37.8. The third-order valence-electron chi connectivity index (χ3n) is 29.0. The Morgan fingerprint density at radius 3 is 1.10 bits per heavy atom. The van der Waals surface area contributed by atoms with Gasteiger partial charge in [0.05, 0.1) is 60.9 Å². The number of ether oxygens (including phenoxy) is 6. The van der Waals surface area contributed by atoms with Crippen LogP contribution in [-0.2, 0) is 84.3 Å². The number of nitrogens with one attached hydrogen (secondary N) is 1. The topological polar surface area (TPSA) is 286 Å². The summed E-state index contributed by atoms with van der Waals surface area (Å²) in [5.74, 6) is 3.34. The van der Waals surface area contributed by atoms with E-state index in [1.807, 2.05) is 36.4 Å². The number of carbonyl (C=O) groups is 4. The van der Waals surface area contributed by atoms with Gasteiger partial charge >= 0.3 is 0 Å². The highest BCUT2D eigenvalue weighted by Crippen LogP contribution is 2.52. The molecule has 4 amide bonds. The van der Waals surface area contributed by atoms with Crippen molar-refractivity contribution in [1.82, 2.24) is 4.72 Å². The molecule has 3 unspecified atom stereocenters. The molecule has 5 N–H and O–H groups in total. The number of hydrogen-bond donors (Lipinski definition) is 3. The fourth-order valence-electron chi connectivity index (χ4n) is 22.0. The number of amides is 4. The van der Waals surface area contributed by atoms with Crippen molar-refractivity contribution < 1.29 is 60.2 Å². The second-order valence-electron chi connectivity index (χ2n) is 37.5.